The number of ether oxygens (including phenoxy) is 1. The number of nitrogens with one attached hydrogen (secondary N) is 3. The molecular formula is C31H39N7O4. The highest BCUT2D eigenvalue weighted by molar-refractivity contribution is 6.00. The van der Waals surface area contributed by atoms with E-state index in [1.165, 1.54) is 0 Å². The van der Waals surface area contributed by atoms with Crippen LogP contribution >= 0.6 is 0 Å². The second-order valence-electron chi connectivity index (χ2n) is 10.3. The minimum atomic E-state index is -1.38. The largest absolute Gasteiger partial charge is 0.497 e. The summed E-state index contributed by atoms with van der Waals surface area (Å²) in [6.45, 7) is 9.07. The topological polar surface area (TPSA) is 123 Å². The molecule has 0 bridgehead atoms. The third-order valence-electron chi connectivity index (χ3n) is 8.07. The van der Waals surface area contributed by atoms with E-state index >= 15 is 0 Å². The Bertz CT molecular complexity index is 1470. The summed E-state index contributed by atoms with van der Waals surface area (Å²) in [7, 11) is 3.22. The quantitative estimate of drug-likeness (QED) is 0.261. The highest BCUT2D eigenvalue weighted by atomic mass is 16.5. The zero-order valence-electron chi connectivity index (χ0n) is 24.7. The molecular weight excluding hydrogens is 534 g/mol. The first-order valence-electron chi connectivity index (χ1n) is 14.1. The van der Waals surface area contributed by atoms with Crippen molar-refractivity contribution >= 4 is 34.9 Å². The Morgan fingerprint density at radius 2 is 1.93 bits per heavy atom. The van der Waals surface area contributed by atoms with Gasteiger partial charge in [-0.2, -0.15) is 5.10 Å². The van der Waals surface area contributed by atoms with Crippen LogP contribution in [-0.4, -0.2) is 98.2 Å². The van der Waals surface area contributed by atoms with Crippen LogP contribution in [0.1, 0.15) is 35.3 Å². The summed E-state index contributed by atoms with van der Waals surface area (Å²) in [5, 5.41) is 14.1. The molecule has 11 heteroatoms. The molecule has 2 aliphatic heterocycles. The molecule has 1 atom stereocenters. The second kappa shape index (κ2) is 13.5. The molecule has 3 amide bonds. The van der Waals surface area contributed by atoms with Crippen molar-refractivity contribution in [3.8, 4) is 18.1 Å². The number of H-pyrrole nitrogens is 1. The van der Waals surface area contributed by atoms with E-state index in [0.29, 0.717) is 36.3 Å². The number of aromatic amines is 1. The zero-order chi connectivity index (χ0) is 30.3. The summed E-state index contributed by atoms with van der Waals surface area (Å²) in [6.07, 6.45) is 5.61. The zero-order valence-corrected chi connectivity index (χ0v) is 24.7. The Morgan fingerprint density at radius 3 is 2.57 bits per heavy atom. The number of imide groups is 1. The minimum Gasteiger partial charge on any atom is -0.497 e. The predicted molar refractivity (Wildman–Crippen MR) is 162 cm³/mol. The Balaban J connectivity index is 0.00000129. The Kier molecular flexibility index (Phi) is 9.83. The number of hydrogen-bond donors (Lipinski definition) is 3. The van der Waals surface area contributed by atoms with Crippen LogP contribution < -0.4 is 20.3 Å². The van der Waals surface area contributed by atoms with E-state index < -0.39 is 11.4 Å². The smallest absolute Gasteiger partial charge is 0.254 e. The van der Waals surface area contributed by atoms with Crippen molar-refractivity contribution in [1.82, 2.24) is 30.6 Å². The number of nitrogens with zero attached hydrogens (tertiary/aromatic N) is 4. The first-order chi connectivity index (χ1) is 20.3. The Labute approximate surface area is 246 Å². The number of likely N-dealkylation sites (N-methyl/N-ethyl adjacent to an activating group) is 2. The van der Waals surface area contributed by atoms with Crippen LogP contribution in [0.3, 0.4) is 0 Å². The van der Waals surface area contributed by atoms with Crippen LogP contribution in [0.2, 0.25) is 0 Å². The van der Waals surface area contributed by atoms with Gasteiger partial charge in [-0.1, -0.05) is 19.1 Å². The molecule has 222 valence electrons. The molecule has 0 unspecified atom stereocenters. The molecule has 2 aromatic carbocycles. The van der Waals surface area contributed by atoms with E-state index in [4.69, 9.17) is 4.74 Å². The molecule has 3 heterocycles. The van der Waals surface area contributed by atoms with Crippen molar-refractivity contribution in [2.75, 3.05) is 64.9 Å². The summed E-state index contributed by atoms with van der Waals surface area (Å²) >= 11 is 0. The summed E-state index contributed by atoms with van der Waals surface area (Å²) in [5.74, 6) is 3.00. The molecule has 0 saturated carbocycles. The number of carbonyl (C=O) groups is 3. The number of carbonyl (C=O) groups excluding carboxylic acids is 3. The molecule has 11 nitrogen and oxygen atoms in total. The predicted octanol–water partition coefficient (Wildman–Crippen LogP) is 1.74. The number of methoxy groups -OCH3 is 1. The normalized spacial score (nSPS) is 16.5. The molecule has 0 radical (unpaired) electrons. The van der Waals surface area contributed by atoms with Gasteiger partial charge in [0.25, 0.3) is 11.8 Å². The van der Waals surface area contributed by atoms with Gasteiger partial charge in [-0.25, -0.2) is 0 Å². The lowest BCUT2D eigenvalue weighted by molar-refractivity contribution is -0.131. The van der Waals surface area contributed by atoms with E-state index in [2.05, 4.69) is 49.9 Å². The first kappa shape index (κ1) is 30.6. The van der Waals surface area contributed by atoms with Crippen LogP contribution in [0.15, 0.2) is 36.4 Å². The lowest BCUT2D eigenvalue weighted by Crippen LogP contribution is -2.60. The van der Waals surface area contributed by atoms with Gasteiger partial charge < -0.3 is 24.8 Å². The third kappa shape index (κ3) is 5.95. The fourth-order valence-corrected chi connectivity index (χ4v) is 5.66. The van der Waals surface area contributed by atoms with Crippen molar-refractivity contribution in [2.24, 2.45) is 0 Å². The number of benzene rings is 2. The highest BCUT2D eigenvalue weighted by Gasteiger charge is 2.43. The number of piperazine rings is 1. The van der Waals surface area contributed by atoms with E-state index in [1.807, 2.05) is 30.3 Å². The molecule has 2 aliphatic rings. The van der Waals surface area contributed by atoms with Crippen molar-refractivity contribution in [3.63, 3.8) is 0 Å². The standard InChI is InChI=1S/C28H35N7O4.C3H4/c1-4-33-11-13-34(14-12-33)25-22-8-6-20(15-24(22)31-32-25)28(29-2,27(38)30-18-36)17-35-10-9-19-5-7-21(39-3)16-23(19)26(35)37;1-3-2/h5-8,15-16,18,29H,4,9-14,17H2,1-3H3,(H,31,32)(H,30,36,38);1H,2H3/t28-;/m0./s1. The van der Waals surface area contributed by atoms with Gasteiger partial charge in [0.2, 0.25) is 6.41 Å². The summed E-state index contributed by atoms with van der Waals surface area (Å²) in [6, 6.07) is 11.2. The van der Waals surface area contributed by atoms with Gasteiger partial charge in [0.1, 0.15) is 11.3 Å². The number of terminal acetylenes is 1. The van der Waals surface area contributed by atoms with Crippen molar-refractivity contribution in [2.45, 2.75) is 25.8 Å². The summed E-state index contributed by atoms with van der Waals surface area (Å²) < 4.78 is 5.32. The fourth-order valence-electron chi connectivity index (χ4n) is 5.66. The average molecular weight is 574 g/mol. The van der Waals surface area contributed by atoms with Gasteiger partial charge in [0.05, 0.1) is 19.2 Å². The van der Waals surface area contributed by atoms with Crippen LogP contribution in [-0.2, 0) is 21.5 Å². The number of anilines is 1. The van der Waals surface area contributed by atoms with E-state index in [-0.39, 0.29) is 12.5 Å². The van der Waals surface area contributed by atoms with Crippen LogP contribution in [0.5, 0.6) is 5.75 Å². The molecule has 1 aromatic heterocycles. The van der Waals surface area contributed by atoms with E-state index in [1.54, 1.807) is 32.0 Å². The molecule has 1 saturated heterocycles. The second-order valence-corrected chi connectivity index (χ2v) is 10.3. The van der Waals surface area contributed by atoms with Gasteiger partial charge in [0.15, 0.2) is 5.82 Å². The SMILES string of the molecule is C#CC.CCN1CCN(c2n[nH]c3cc([C@](CN4CCc5ccc(OC)cc5C4=O)(NC)C(=O)NC=O)ccc23)CC1. The average Bonchev–Trinajstić information content (AvgIpc) is 3.45. The number of aromatic nitrogens is 2. The third-order valence-corrected chi connectivity index (χ3v) is 8.07. The van der Waals surface area contributed by atoms with Crippen molar-refractivity contribution in [3.05, 3.63) is 53.1 Å². The van der Waals surface area contributed by atoms with E-state index in [9.17, 15) is 14.4 Å². The van der Waals surface area contributed by atoms with Crippen LogP contribution in [0.25, 0.3) is 10.9 Å². The number of rotatable bonds is 9. The molecule has 1 fully saturated rings. The number of fused-ring (bicyclic) bond motifs is 2. The molecule has 3 N–H and O–H groups in total. The summed E-state index contributed by atoms with van der Waals surface area (Å²) in [5.41, 5.74) is 1.51. The highest BCUT2D eigenvalue weighted by Crippen LogP contribution is 2.32. The van der Waals surface area contributed by atoms with E-state index in [0.717, 1.165) is 55.0 Å². The fraction of sp³-hybridized carbons (Fsp3) is 0.419. The number of hydrogen-bond acceptors (Lipinski definition) is 8. The van der Waals surface area contributed by atoms with Crippen molar-refractivity contribution < 1.29 is 19.1 Å². The summed E-state index contributed by atoms with van der Waals surface area (Å²) in [4.78, 5) is 44.7. The molecule has 42 heavy (non-hydrogen) atoms. The van der Waals surface area contributed by atoms with Crippen molar-refractivity contribution in [1.29, 1.82) is 0 Å². The lowest BCUT2D eigenvalue weighted by Gasteiger charge is -2.39. The van der Waals surface area contributed by atoms with Gasteiger partial charge in [-0.3, -0.25) is 24.8 Å². The molecule has 5 rings (SSSR count). The Morgan fingerprint density at radius 1 is 1.19 bits per heavy atom. The lowest BCUT2D eigenvalue weighted by atomic mass is 9.86. The Hall–Kier alpha value is -4.40. The molecule has 0 aliphatic carbocycles. The van der Waals surface area contributed by atoms with Gasteiger partial charge in [-0.05, 0) is 62.3 Å². The monoisotopic (exact) mass is 573 g/mol. The molecule has 0 spiro atoms. The van der Waals surface area contributed by atoms with Crippen LogP contribution in [0.4, 0.5) is 5.82 Å². The molecule has 3 aromatic rings. The van der Waals surface area contributed by atoms with Gasteiger partial charge in [0, 0.05) is 43.7 Å². The van der Waals surface area contributed by atoms with Gasteiger partial charge in [-0.15, -0.1) is 12.3 Å². The number of amides is 3. The maximum absolute atomic E-state index is 13.5. The van der Waals surface area contributed by atoms with Crippen LogP contribution in [0, 0.1) is 12.3 Å². The minimum absolute atomic E-state index is 0.0319. The first-order valence-corrected chi connectivity index (χ1v) is 14.1. The maximum Gasteiger partial charge on any atom is 0.254 e. The maximum atomic E-state index is 13.5. The van der Waals surface area contributed by atoms with Gasteiger partial charge >= 0.3 is 0 Å².